The first-order chi connectivity index (χ1) is 8.08. The number of halogens is 3. The van der Waals surface area contributed by atoms with Crippen LogP contribution in [0.1, 0.15) is 0 Å². The van der Waals surface area contributed by atoms with Gasteiger partial charge in [0.15, 0.2) is 0 Å². The van der Waals surface area contributed by atoms with E-state index in [9.17, 15) is 4.39 Å². The van der Waals surface area contributed by atoms with E-state index >= 15 is 0 Å². The van der Waals surface area contributed by atoms with Crippen LogP contribution in [0.2, 0.25) is 10.0 Å². The second-order valence-corrected chi connectivity index (χ2v) is 4.12. The van der Waals surface area contributed by atoms with E-state index in [0.717, 1.165) is 0 Å². The predicted octanol–water partition coefficient (Wildman–Crippen LogP) is 4.51. The molecule has 5 heteroatoms. The van der Waals surface area contributed by atoms with Gasteiger partial charge in [-0.3, -0.25) is 0 Å². The number of nitrogens with two attached hydrogens (primary N) is 1. The first kappa shape index (κ1) is 12.0. The maximum absolute atomic E-state index is 13.2. The molecule has 2 aromatic carbocycles. The van der Waals surface area contributed by atoms with Gasteiger partial charge in [0.25, 0.3) is 0 Å². The normalized spacial score (nSPS) is 10.3. The van der Waals surface area contributed by atoms with Gasteiger partial charge in [0.2, 0.25) is 0 Å². The Hall–Kier alpha value is -1.45. The van der Waals surface area contributed by atoms with Crippen LogP contribution in [0.4, 0.5) is 10.1 Å². The molecule has 2 N–H and O–H groups in total. The highest BCUT2D eigenvalue weighted by Gasteiger charge is 2.07. The minimum absolute atomic E-state index is 0.0644. The van der Waals surface area contributed by atoms with Gasteiger partial charge in [0.1, 0.15) is 22.3 Å². The molecule has 0 atom stereocenters. The molecule has 0 radical (unpaired) electrons. The summed E-state index contributed by atoms with van der Waals surface area (Å²) in [5.41, 5.74) is 5.42. The SMILES string of the molecule is Nc1ccc(Oc2cccc(Cl)c2Cl)cc1F. The predicted molar refractivity (Wildman–Crippen MR) is 67.3 cm³/mol. The van der Waals surface area contributed by atoms with E-state index in [1.54, 1.807) is 24.3 Å². The molecule has 2 aromatic rings. The third-order valence-electron chi connectivity index (χ3n) is 2.12. The molecule has 0 aliphatic heterocycles. The Bertz CT molecular complexity index is 560. The summed E-state index contributed by atoms with van der Waals surface area (Å²) in [5.74, 6) is 0.129. The van der Waals surface area contributed by atoms with Gasteiger partial charge in [-0.1, -0.05) is 29.3 Å². The Morgan fingerprint density at radius 1 is 1.12 bits per heavy atom. The molecule has 88 valence electrons. The Kier molecular flexibility index (Phi) is 3.41. The summed E-state index contributed by atoms with van der Waals surface area (Å²) < 4.78 is 18.6. The Balaban J connectivity index is 2.31. The Morgan fingerprint density at radius 3 is 2.59 bits per heavy atom. The second-order valence-electron chi connectivity index (χ2n) is 3.34. The van der Waals surface area contributed by atoms with Crippen molar-refractivity contribution in [2.24, 2.45) is 0 Å². The summed E-state index contributed by atoms with van der Waals surface area (Å²) >= 11 is 11.8. The van der Waals surface area contributed by atoms with Gasteiger partial charge in [-0.05, 0) is 24.3 Å². The van der Waals surface area contributed by atoms with Crippen LogP contribution in [0.25, 0.3) is 0 Å². The largest absolute Gasteiger partial charge is 0.456 e. The second kappa shape index (κ2) is 4.82. The zero-order valence-electron chi connectivity index (χ0n) is 8.58. The summed E-state index contributed by atoms with van der Waals surface area (Å²) in [6.45, 7) is 0. The topological polar surface area (TPSA) is 35.2 Å². The molecule has 0 saturated carbocycles. The smallest absolute Gasteiger partial charge is 0.149 e. The molecule has 17 heavy (non-hydrogen) atoms. The number of rotatable bonds is 2. The van der Waals surface area contributed by atoms with Crippen molar-refractivity contribution in [3.8, 4) is 11.5 Å². The van der Waals surface area contributed by atoms with E-state index in [0.29, 0.717) is 16.5 Å². The number of anilines is 1. The van der Waals surface area contributed by atoms with Crippen molar-refractivity contribution < 1.29 is 9.13 Å². The van der Waals surface area contributed by atoms with Gasteiger partial charge in [-0.15, -0.1) is 0 Å². The first-order valence-electron chi connectivity index (χ1n) is 4.75. The molecule has 0 fully saturated rings. The van der Waals surface area contributed by atoms with Crippen molar-refractivity contribution in [1.29, 1.82) is 0 Å². The zero-order chi connectivity index (χ0) is 12.4. The van der Waals surface area contributed by atoms with Crippen molar-refractivity contribution in [2.45, 2.75) is 0 Å². The summed E-state index contributed by atoms with van der Waals surface area (Å²) in [7, 11) is 0. The van der Waals surface area contributed by atoms with Gasteiger partial charge < -0.3 is 10.5 Å². The molecule has 0 amide bonds. The average molecular weight is 272 g/mol. The highest BCUT2D eigenvalue weighted by Crippen LogP contribution is 2.35. The van der Waals surface area contributed by atoms with E-state index in [4.69, 9.17) is 33.7 Å². The van der Waals surface area contributed by atoms with Gasteiger partial charge in [-0.2, -0.15) is 0 Å². The van der Waals surface area contributed by atoms with Crippen LogP contribution in [0, 0.1) is 5.82 Å². The monoisotopic (exact) mass is 271 g/mol. The summed E-state index contributed by atoms with van der Waals surface area (Å²) in [6.07, 6.45) is 0. The zero-order valence-corrected chi connectivity index (χ0v) is 10.1. The fourth-order valence-corrected chi connectivity index (χ4v) is 1.59. The molecule has 0 aliphatic rings. The first-order valence-corrected chi connectivity index (χ1v) is 5.50. The van der Waals surface area contributed by atoms with E-state index in [-0.39, 0.29) is 10.7 Å². The molecule has 0 heterocycles. The van der Waals surface area contributed by atoms with Crippen LogP contribution in [0.15, 0.2) is 36.4 Å². The minimum atomic E-state index is -0.541. The molecule has 0 saturated heterocycles. The lowest BCUT2D eigenvalue weighted by Gasteiger charge is -2.08. The molecule has 0 spiro atoms. The highest BCUT2D eigenvalue weighted by molar-refractivity contribution is 6.42. The van der Waals surface area contributed by atoms with Gasteiger partial charge in [-0.25, -0.2) is 4.39 Å². The molecule has 0 bridgehead atoms. The third-order valence-corrected chi connectivity index (χ3v) is 2.92. The molecular formula is C12H8Cl2FNO. The van der Waals surface area contributed by atoms with Gasteiger partial charge in [0, 0.05) is 6.07 Å². The van der Waals surface area contributed by atoms with Crippen molar-refractivity contribution >= 4 is 28.9 Å². The number of benzene rings is 2. The van der Waals surface area contributed by atoms with E-state index in [2.05, 4.69) is 0 Å². The fourth-order valence-electron chi connectivity index (χ4n) is 1.26. The summed E-state index contributed by atoms with van der Waals surface area (Å²) in [5, 5.41) is 0.659. The van der Waals surface area contributed by atoms with E-state index in [1.807, 2.05) is 0 Å². The maximum atomic E-state index is 13.2. The lowest BCUT2D eigenvalue weighted by molar-refractivity contribution is 0.477. The van der Waals surface area contributed by atoms with Crippen molar-refractivity contribution in [3.05, 3.63) is 52.3 Å². The van der Waals surface area contributed by atoms with Crippen molar-refractivity contribution in [3.63, 3.8) is 0 Å². The number of hydrogen-bond donors (Lipinski definition) is 1. The fraction of sp³-hybridized carbons (Fsp3) is 0. The molecular weight excluding hydrogens is 264 g/mol. The van der Waals surface area contributed by atoms with E-state index < -0.39 is 5.82 Å². The van der Waals surface area contributed by atoms with Crippen LogP contribution in [0.3, 0.4) is 0 Å². The summed E-state index contributed by atoms with van der Waals surface area (Å²) in [6, 6.07) is 9.13. The molecule has 0 unspecified atom stereocenters. The van der Waals surface area contributed by atoms with Crippen LogP contribution in [0.5, 0.6) is 11.5 Å². The number of nitrogen functional groups attached to an aromatic ring is 1. The lowest BCUT2D eigenvalue weighted by Crippen LogP contribution is -1.92. The van der Waals surface area contributed by atoms with Crippen LogP contribution in [-0.4, -0.2) is 0 Å². The van der Waals surface area contributed by atoms with E-state index in [1.165, 1.54) is 12.1 Å². The minimum Gasteiger partial charge on any atom is -0.456 e. The van der Waals surface area contributed by atoms with Crippen LogP contribution >= 0.6 is 23.2 Å². The quantitative estimate of drug-likeness (QED) is 0.816. The van der Waals surface area contributed by atoms with Crippen LogP contribution < -0.4 is 10.5 Å². The van der Waals surface area contributed by atoms with Crippen LogP contribution in [-0.2, 0) is 0 Å². The number of ether oxygens (including phenoxy) is 1. The van der Waals surface area contributed by atoms with Crippen molar-refractivity contribution in [1.82, 2.24) is 0 Å². The summed E-state index contributed by atoms with van der Waals surface area (Å²) in [4.78, 5) is 0. The standard InChI is InChI=1S/C12H8Cl2FNO/c13-8-2-1-3-11(12(8)14)17-7-4-5-10(16)9(15)6-7/h1-6H,16H2. The Morgan fingerprint density at radius 2 is 1.88 bits per heavy atom. The molecule has 0 aliphatic carbocycles. The molecule has 2 nitrogen and oxygen atoms in total. The van der Waals surface area contributed by atoms with Crippen molar-refractivity contribution in [2.75, 3.05) is 5.73 Å². The average Bonchev–Trinajstić information content (AvgIpc) is 2.30. The number of hydrogen-bond acceptors (Lipinski definition) is 2. The molecule has 0 aromatic heterocycles. The molecule has 2 rings (SSSR count). The van der Waals surface area contributed by atoms with Gasteiger partial charge in [0.05, 0.1) is 10.7 Å². The maximum Gasteiger partial charge on any atom is 0.149 e. The Labute approximate surface area is 108 Å². The lowest BCUT2D eigenvalue weighted by atomic mass is 10.3. The van der Waals surface area contributed by atoms with Gasteiger partial charge >= 0.3 is 0 Å². The third kappa shape index (κ3) is 2.62. The highest BCUT2D eigenvalue weighted by atomic mass is 35.5.